The van der Waals surface area contributed by atoms with Gasteiger partial charge in [0.15, 0.2) is 0 Å². The molecule has 0 aliphatic carbocycles. The van der Waals surface area contributed by atoms with Crippen LogP contribution in [0.1, 0.15) is 17.3 Å². The van der Waals surface area contributed by atoms with Crippen LogP contribution in [0.3, 0.4) is 0 Å². The van der Waals surface area contributed by atoms with Crippen molar-refractivity contribution < 1.29 is 14.3 Å². The van der Waals surface area contributed by atoms with Crippen molar-refractivity contribution in [3.63, 3.8) is 0 Å². The van der Waals surface area contributed by atoms with Crippen LogP contribution in [0.2, 0.25) is 5.02 Å². The van der Waals surface area contributed by atoms with Crippen LogP contribution in [0.4, 0.5) is 11.5 Å². The lowest BCUT2D eigenvalue weighted by Gasteiger charge is -2.32. The predicted octanol–water partition coefficient (Wildman–Crippen LogP) is 4.89. The van der Waals surface area contributed by atoms with E-state index in [4.69, 9.17) is 21.1 Å². The molecule has 1 aromatic heterocycles. The van der Waals surface area contributed by atoms with Crippen LogP contribution >= 0.6 is 11.6 Å². The first-order valence-corrected chi connectivity index (χ1v) is 10.5. The van der Waals surface area contributed by atoms with Gasteiger partial charge in [0.25, 0.3) is 5.91 Å². The maximum atomic E-state index is 12.8. The molecule has 4 rings (SSSR count). The van der Waals surface area contributed by atoms with E-state index >= 15 is 0 Å². The van der Waals surface area contributed by atoms with Gasteiger partial charge in [-0.3, -0.25) is 4.79 Å². The van der Waals surface area contributed by atoms with Gasteiger partial charge in [-0.1, -0.05) is 23.7 Å². The highest BCUT2D eigenvalue weighted by Gasteiger charge is 2.18. The first kappa shape index (κ1) is 21.2. The fraction of sp³-hybridized carbons (Fsp3) is 0.250. The summed E-state index contributed by atoms with van der Waals surface area (Å²) < 4.78 is 10.8. The molecule has 3 aromatic rings. The Balaban J connectivity index is 1.48. The molecule has 7 heteroatoms. The molecule has 6 nitrogen and oxygen atoms in total. The summed E-state index contributed by atoms with van der Waals surface area (Å²) in [5.41, 5.74) is 2.84. The van der Waals surface area contributed by atoms with Gasteiger partial charge in [0, 0.05) is 29.2 Å². The minimum Gasteiger partial charge on any atom is -0.497 e. The number of benzene rings is 2. The van der Waals surface area contributed by atoms with Crippen LogP contribution in [0.25, 0.3) is 11.1 Å². The summed E-state index contributed by atoms with van der Waals surface area (Å²) >= 11 is 6.38. The molecule has 31 heavy (non-hydrogen) atoms. The SMILES string of the molecule is COc1ccc(-c2cc(C(=O)Nc3ccc(N4CCOC(C)C4)nc3)ccc2Cl)cc1. The van der Waals surface area contributed by atoms with Gasteiger partial charge in [-0.25, -0.2) is 4.98 Å². The van der Waals surface area contributed by atoms with Gasteiger partial charge in [0.05, 0.1) is 31.7 Å². The number of ether oxygens (including phenoxy) is 2. The van der Waals surface area contributed by atoms with Crippen molar-refractivity contribution in [3.8, 4) is 16.9 Å². The van der Waals surface area contributed by atoms with E-state index in [0.717, 1.165) is 35.8 Å². The van der Waals surface area contributed by atoms with Gasteiger partial charge < -0.3 is 19.7 Å². The quantitative estimate of drug-likeness (QED) is 0.615. The molecule has 2 aromatic carbocycles. The number of morpholine rings is 1. The molecule has 0 spiro atoms. The summed E-state index contributed by atoms with van der Waals surface area (Å²) in [6.45, 7) is 4.35. The maximum absolute atomic E-state index is 12.8. The molecule has 1 aliphatic heterocycles. The van der Waals surface area contributed by atoms with Crippen LogP contribution in [0.15, 0.2) is 60.8 Å². The number of carbonyl (C=O) groups is 1. The Morgan fingerprint density at radius 1 is 1.19 bits per heavy atom. The summed E-state index contributed by atoms with van der Waals surface area (Å²) in [4.78, 5) is 19.5. The third-order valence-electron chi connectivity index (χ3n) is 5.20. The Hall–Kier alpha value is -3.09. The highest BCUT2D eigenvalue weighted by atomic mass is 35.5. The Morgan fingerprint density at radius 2 is 2.00 bits per heavy atom. The average Bonchev–Trinajstić information content (AvgIpc) is 2.80. The number of carbonyl (C=O) groups excluding carboxylic acids is 1. The lowest BCUT2D eigenvalue weighted by atomic mass is 10.0. The number of hydrogen-bond donors (Lipinski definition) is 1. The predicted molar refractivity (Wildman–Crippen MR) is 123 cm³/mol. The molecule has 1 fully saturated rings. The van der Waals surface area contributed by atoms with E-state index in [1.165, 1.54) is 0 Å². The monoisotopic (exact) mass is 437 g/mol. The second kappa shape index (κ2) is 9.37. The van der Waals surface area contributed by atoms with Gasteiger partial charge in [-0.2, -0.15) is 0 Å². The summed E-state index contributed by atoms with van der Waals surface area (Å²) in [7, 11) is 1.62. The number of halogens is 1. The van der Waals surface area contributed by atoms with Gasteiger partial charge in [0.1, 0.15) is 11.6 Å². The molecule has 2 heterocycles. The highest BCUT2D eigenvalue weighted by molar-refractivity contribution is 6.33. The minimum atomic E-state index is -0.221. The highest BCUT2D eigenvalue weighted by Crippen LogP contribution is 2.30. The number of rotatable bonds is 5. The standard InChI is InChI=1S/C24H24ClN3O3/c1-16-15-28(11-12-31-16)23-10-6-19(14-26-23)27-24(29)18-5-9-22(25)21(13-18)17-3-7-20(30-2)8-4-17/h3-10,13-14,16H,11-12,15H2,1-2H3,(H,27,29). The van der Waals surface area contributed by atoms with Crippen LogP contribution in [0.5, 0.6) is 5.75 Å². The Bertz CT molecular complexity index is 1050. The molecule has 160 valence electrons. The number of nitrogens with one attached hydrogen (secondary N) is 1. The molecule has 0 saturated carbocycles. The van der Waals surface area contributed by atoms with E-state index in [1.54, 1.807) is 31.5 Å². The zero-order valence-electron chi connectivity index (χ0n) is 17.5. The van der Waals surface area contributed by atoms with Gasteiger partial charge in [-0.15, -0.1) is 0 Å². The number of hydrogen-bond acceptors (Lipinski definition) is 5. The first-order chi connectivity index (χ1) is 15.0. The molecular weight excluding hydrogens is 414 g/mol. The largest absolute Gasteiger partial charge is 0.497 e. The first-order valence-electron chi connectivity index (χ1n) is 10.1. The number of nitrogens with zero attached hydrogens (tertiary/aromatic N) is 2. The number of methoxy groups -OCH3 is 1. The number of amides is 1. The van der Waals surface area contributed by atoms with Crippen LogP contribution < -0.4 is 15.0 Å². The Morgan fingerprint density at radius 3 is 2.68 bits per heavy atom. The fourth-order valence-electron chi connectivity index (χ4n) is 3.54. The van der Waals surface area contributed by atoms with Crippen molar-refractivity contribution in [1.29, 1.82) is 0 Å². The second-order valence-corrected chi connectivity index (χ2v) is 7.82. The molecule has 1 atom stereocenters. The average molecular weight is 438 g/mol. The zero-order chi connectivity index (χ0) is 21.8. The lowest BCUT2D eigenvalue weighted by molar-refractivity contribution is 0.0529. The summed E-state index contributed by atoms with van der Waals surface area (Å²) in [5.74, 6) is 1.42. The second-order valence-electron chi connectivity index (χ2n) is 7.41. The van der Waals surface area contributed by atoms with Crippen molar-refractivity contribution in [1.82, 2.24) is 4.98 Å². The summed E-state index contributed by atoms with van der Waals surface area (Å²) in [5, 5.41) is 3.48. The number of aromatic nitrogens is 1. The topological polar surface area (TPSA) is 63.7 Å². The summed E-state index contributed by atoms with van der Waals surface area (Å²) in [6, 6.07) is 16.6. The van der Waals surface area contributed by atoms with E-state index in [1.807, 2.05) is 43.3 Å². The fourth-order valence-corrected chi connectivity index (χ4v) is 3.76. The third kappa shape index (κ3) is 4.98. The lowest BCUT2D eigenvalue weighted by Crippen LogP contribution is -2.41. The van der Waals surface area contributed by atoms with Crippen LogP contribution in [-0.2, 0) is 4.74 Å². The van der Waals surface area contributed by atoms with Crippen molar-refractivity contribution in [2.45, 2.75) is 13.0 Å². The van der Waals surface area contributed by atoms with E-state index in [9.17, 15) is 4.79 Å². The Kier molecular flexibility index (Phi) is 6.39. The van der Waals surface area contributed by atoms with Crippen molar-refractivity contribution in [2.24, 2.45) is 0 Å². The van der Waals surface area contributed by atoms with E-state index in [2.05, 4.69) is 15.2 Å². The smallest absolute Gasteiger partial charge is 0.255 e. The van der Waals surface area contributed by atoms with Gasteiger partial charge >= 0.3 is 0 Å². The zero-order valence-corrected chi connectivity index (χ0v) is 18.2. The molecule has 1 saturated heterocycles. The number of anilines is 2. The molecule has 0 radical (unpaired) electrons. The van der Waals surface area contributed by atoms with Crippen molar-refractivity contribution in [3.05, 3.63) is 71.4 Å². The van der Waals surface area contributed by atoms with Crippen molar-refractivity contribution in [2.75, 3.05) is 37.0 Å². The minimum absolute atomic E-state index is 0.180. The molecule has 0 bridgehead atoms. The third-order valence-corrected chi connectivity index (χ3v) is 5.53. The van der Waals surface area contributed by atoms with Crippen LogP contribution in [0, 0.1) is 0 Å². The van der Waals surface area contributed by atoms with Crippen LogP contribution in [-0.4, -0.2) is 43.8 Å². The molecule has 1 N–H and O–H groups in total. The molecule has 1 aliphatic rings. The molecule has 1 unspecified atom stereocenters. The van der Waals surface area contributed by atoms with E-state index in [-0.39, 0.29) is 12.0 Å². The van der Waals surface area contributed by atoms with Crippen molar-refractivity contribution >= 4 is 29.0 Å². The van der Waals surface area contributed by atoms with E-state index < -0.39 is 0 Å². The Labute approximate surface area is 186 Å². The summed E-state index contributed by atoms with van der Waals surface area (Å²) in [6.07, 6.45) is 1.85. The van der Waals surface area contributed by atoms with Gasteiger partial charge in [0.2, 0.25) is 0 Å². The molecular formula is C24H24ClN3O3. The van der Waals surface area contributed by atoms with Gasteiger partial charge in [-0.05, 0) is 55.0 Å². The maximum Gasteiger partial charge on any atom is 0.255 e. The normalized spacial score (nSPS) is 16.1. The van der Waals surface area contributed by atoms with E-state index in [0.29, 0.717) is 22.9 Å². The number of pyridine rings is 1. The molecule has 1 amide bonds.